The first-order valence-electron chi connectivity index (χ1n) is 12.7. The number of ketones is 1. The highest BCUT2D eigenvalue weighted by molar-refractivity contribution is 6.46. The monoisotopic (exact) mass is 515 g/mol. The third kappa shape index (κ3) is 5.89. The minimum Gasteiger partial charge on any atom is -0.507 e. The van der Waals surface area contributed by atoms with Crippen LogP contribution in [0.4, 0.5) is 0 Å². The van der Waals surface area contributed by atoms with Crippen LogP contribution in [0.15, 0.2) is 78.4 Å². The lowest BCUT2D eigenvalue weighted by atomic mass is 9.95. The SMILES string of the molecule is CCOc1ccc(C2C(=C(O)c3ccc(OCc4ccccc4C)cc3)C(=O)C(=O)N2CCCOC)cc1. The van der Waals surface area contributed by atoms with E-state index in [1.165, 1.54) is 4.90 Å². The Hall–Kier alpha value is -4.10. The van der Waals surface area contributed by atoms with Crippen LogP contribution in [0.25, 0.3) is 5.76 Å². The molecule has 1 aliphatic rings. The Kier molecular flexibility index (Phi) is 8.81. The number of hydrogen-bond donors (Lipinski definition) is 1. The van der Waals surface area contributed by atoms with Crippen molar-refractivity contribution in [1.82, 2.24) is 4.90 Å². The number of aliphatic hydroxyl groups is 1. The summed E-state index contributed by atoms with van der Waals surface area (Å²) < 4.78 is 16.6. The summed E-state index contributed by atoms with van der Waals surface area (Å²) in [4.78, 5) is 27.7. The zero-order valence-corrected chi connectivity index (χ0v) is 22.0. The number of carbonyl (C=O) groups is 2. The van der Waals surface area contributed by atoms with Gasteiger partial charge in [-0.05, 0) is 73.4 Å². The third-order valence-corrected chi connectivity index (χ3v) is 6.58. The highest BCUT2D eigenvalue weighted by atomic mass is 16.5. The molecule has 0 bridgehead atoms. The minimum atomic E-state index is -0.723. The topological polar surface area (TPSA) is 85.3 Å². The second-order valence-electron chi connectivity index (χ2n) is 9.08. The lowest BCUT2D eigenvalue weighted by Gasteiger charge is -2.25. The zero-order chi connectivity index (χ0) is 27.1. The molecule has 0 aliphatic carbocycles. The van der Waals surface area contributed by atoms with Crippen LogP contribution < -0.4 is 9.47 Å². The van der Waals surface area contributed by atoms with Crippen molar-refractivity contribution in [3.8, 4) is 11.5 Å². The van der Waals surface area contributed by atoms with Gasteiger partial charge in [0.2, 0.25) is 0 Å². The maximum atomic E-state index is 13.2. The second kappa shape index (κ2) is 12.4. The summed E-state index contributed by atoms with van der Waals surface area (Å²) in [7, 11) is 1.59. The number of rotatable bonds is 11. The van der Waals surface area contributed by atoms with E-state index in [0.717, 1.165) is 11.1 Å². The number of benzene rings is 3. The molecule has 1 amide bonds. The highest BCUT2D eigenvalue weighted by Crippen LogP contribution is 2.40. The molecule has 1 saturated heterocycles. The first-order chi connectivity index (χ1) is 18.4. The number of carbonyl (C=O) groups excluding carboxylic acids is 2. The van der Waals surface area contributed by atoms with Crippen LogP contribution in [0.2, 0.25) is 0 Å². The Morgan fingerprint density at radius 2 is 1.58 bits per heavy atom. The van der Waals surface area contributed by atoms with E-state index < -0.39 is 17.7 Å². The lowest BCUT2D eigenvalue weighted by molar-refractivity contribution is -0.140. The molecule has 1 fully saturated rings. The molecular weight excluding hydrogens is 482 g/mol. The van der Waals surface area contributed by atoms with Crippen molar-refractivity contribution in [3.63, 3.8) is 0 Å². The Morgan fingerprint density at radius 1 is 0.921 bits per heavy atom. The van der Waals surface area contributed by atoms with Gasteiger partial charge in [-0.2, -0.15) is 0 Å². The second-order valence-corrected chi connectivity index (χ2v) is 9.08. The van der Waals surface area contributed by atoms with Gasteiger partial charge in [-0.25, -0.2) is 0 Å². The molecule has 198 valence electrons. The first-order valence-corrected chi connectivity index (χ1v) is 12.7. The zero-order valence-electron chi connectivity index (χ0n) is 22.0. The molecule has 1 atom stereocenters. The molecule has 1 heterocycles. The molecule has 1 N–H and O–H groups in total. The fourth-order valence-electron chi connectivity index (χ4n) is 4.55. The average Bonchev–Trinajstić information content (AvgIpc) is 3.18. The maximum absolute atomic E-state index is 13.2. The summed E-state index contributed by atoms with van der Waals surface area (Å²) in [5.74, 6) is -0.248. The molecule has 3 aromatic rings. The Morgan fingerprint density at radius 3 is 2.24 bits per heavy atom. The number of likely N-dealkylation sites (tertiary alicyclic amines) is 1. The van der Waals surface area contributed by atoms with E-state index in [2.05, 4.69) is 0 Å². The van der Waals surface area contributed by atoms with Crippen LogP contribution in [0, 0.1) is 6.92 Å². The third-order valence-electron chi connectivity index (χ3n) is 6.58. The van der Waals surface area contributed by atoms with Gasteiger partial charge in [0, 0.05) is 25.8 Å². The maximum Gasteiger partial charge on any atom is 0.295 e. The molecule has 3 aromatic carbocycles. The predicted octanol–water partition coefficient (Wildman–Crippen LogP) is 5.43. The first kappa shape index (κ1) is 26.9. The van der Waals surface area contributed by atoms with Gasteiger partial charge in [0.1, 0.15) is 23.9 Å². The van der Waals surface area contributed by atoms with Gasteiger partial charge in [-0.15, -0.1) is 0 Å². The largest absolute Gasteiger partial charge is 0.507 e. The molecule has 0 radical (unpaired) electrons. The van der Waals surface area contributed by atoms with Gasteiger partial charge in [0.05, 0.1) is 18.2 Å². The van der Waals surface area contributed by atoms with Gasteiger partial charge < -0.3 is 24.2 Å². The van der Waals surface area contributed by atoms with Crippen LogP contribution in [-0.2, 0) is 20.9 Å². The van der Waals surface area contributed by atoms with E-state index in [0.29, 0.717) is 55.4 Å². The van der Waals surface area contributed by atoms with Crippen LogP contribution >= 0.6 is 0 Å². The molecule has 1 unspecified atom stereocenters. The van der Waals surface area contributed by atoms with Gasteiger partial charge in [0.25, 0.3) is 11.7 Å². The van der Waals surface area contributed by atoms with Crippen molar-refractivity contribution in [2.24, 2.45) is 0 Å². The van der Waals surface area contributed by atoms with E-state index in [1.807, 2.05) is 50.2 Å². The molecule has 7 nitrogen and oxygen atoms in total. The number of amides is 1. The van der Waals surface area contributed by atoms with E-state index in [9.17, 15) is 14.7 Å². The van der Waals surface area contributed by atoms with E-state index in [4.69, 9.17) is 14.2 Å². The van der Waals surface area contributed by atoms with Crippen LogP contribution in [0.5, 0.6) is 11.5 Å². The van der Waals surface area contributed by atoms with Crippen molar-refractivity contribution in [2.45, 2.75) is 32.9 Å². The normalized spacial score (nSPS) is 16.6. The Bertz CT molecular complexity index is 1300. The average molecular weight is 516 g/mol. The Labute approximate surface area is 223 Å². The number of ether oxygens (including phenoxy) is 3. The number of methoxy groups -OCH3 is 1. The molecule has 38 heavy (non-hydrogen) atoms. The molecule has 0 saturated carbocycles. The van der Waals surface area contributed by atoms with E-state index in [-0.39, 0.29) is 11.3 Å². The summed E-state index contributed by atoms with van der Waals surface area (Å²) in [6.07, 6.45) is 0.560. The van der Waals surface area contributed by atoms with Crippen molar-refractivity contribution >= 4 is 17.4 Å². The van der Waals surface area contributed by atoms with Crippen LogP contribution in [0.1, 0.15) is 41.6 Å². The summed E-state index contributed by atoms with van der Waals surface area (Å²) in [5.41, 5.74) is 3.43. The summed E-state index contributed by atoms with van der Waals surface area (Å²) in [6.45, 7) is 5.65. The minimum absolute atomic E-state index is 0.0603. The van der Waals surface area contributed by atoms with E-state index in [1.54, 1.807) is 43.5 Å². The summed E-state index contributed by atoms with van der Waals surface area (Å²) in [5, 5.41) is 11.3. The lowest BCUT2D eigenvalue weighted by Crippen LogP contribution is -2.31. The summed E-state index contributed by atoms with van der Waals surface area (Å²) in [6, 6.07) is 21.4. The summed E-state index contributed by atoms with van der Waals surface area (Å²) >= 11 is 0. The molecule has 1 aliphatic heterocycles. The van der Waals surface area contributed by atoms with Gasteiger partial charge in [0.15, 0.2) is 0 Å². The standard InChI is InChI=1S/C31H33NO6/c1-4-37-25-14-10-22(11-15-25)28-27(30(34)31(35)32(28)18-7-19-36-3)29(33)23-12-16-26(17-13-23)38-20-24-9-6-5-8-21(24)2/h5-6,8-17,28,33H,4,7,18-20H2,1-3H3. The van der Waals surface area contributed by atoms with Crippen molar-refractivity contribution in [3.05, 3.63) is 101 Å². The van der Waals surface area contributed by atoms with Crippen molar-refractivity contribution in [2.75, 3.05) is 26.9 Å². The molecular formula is C31H33NO6. The number of hydrogen-bond acceptors (Lipinski definition) is 6. The predicted molar refractivity (Wildman–Crippen MR) is 145 cm³/mol. The van der Waals surface area contributed by atoms with Crippen molar-refractivity contribution < 1.29 is 28.9 Å². The van der Waals surface area contributed by atoms with Gasteiger partial charge in [-0.1, -0.05) is 36.4 Å². The highest BCUT2D eigenvalue weighted by Gasteiger charge is 2.45. The smallest absolute Gasteiger partial charge is 0.295 e. The Balaban J connectivity index is 1.63. The fraction of sp³-hybridized carbons (Fsp3) is 0.290. The van der Waals surface area contributed by atoms with Gasteiger partial charge >= 0.3 is 0 Å². The molecule has 4 rings (SSSR count). The van der Waals surface area contributed by atoms with Crippen molar-refractivity contribution in [1.29, 1.82) is 0 Å². The number of nitrogens with zero attached hydrogens (tertiary/aromatic N) is 1. The fourth-order valence-corrected chi connectivity index (χ4v) is 4.55. The molecule has 0 spiro atoms. The van der Waals surface area contributed by atoms with Crippen LogP contribution in [0.3, 0.4) is 0 Å². The number of Topliss-reactive ketones (excluding diaryl/α,β-unsaturated/α-hetero) is 1. The van der Waals surface area contributed by atoms with Crippen LogP contribution in [-0.4, -0.2) is 48.6 Å². The number of aryl methyl sites for hydroxylation is 1. The quantitative estimate of drug-likeness (QED) is 0.159. The number of aliphatic hydroxyl groups excluding tert-OH is 1. The molecule has 7 heteroatoms. The van der Waals surface area contributed by atoms with E-state index >= 15 is 0 Å². The molecule has 0 aromatic heterocycles. The van der Waals surface area contributed by atoms with Gasteiger partial charge in [-0.3, -0.25) is 9.59 Å².